The molecule has 0 radical (unpaired) electrons. The minimum atomic E-state index is -0.389. The van der Waals surface area contributed by atoms with E-state index in [1.54, 1.807) is 0 Å². The van der Waals surface area contributed by atoms with Crippen molar-refractivity contribution in [3.05, 3.63) is 0 Å². The standard InChI is InChI=1S/C15H27N3O2/c1-3-13(19)18-9-7-11(10-18)17-14(20)12-6-4-5-8-15(12,2)16/h11-12H,3-10,16H2,1-2H3,(H,17,20). The fourth-order valence-electron chi connectivity index (χ4n) is 3.42. The van der Waals surface area contributed by atoms with Crippen LogP contribution in [-0.4, -0.2) is 41.4 Å². The molecule has 0 aromatic rings. The van der Waals surface area contributed by atoms with Crippen LogP contribution in [0.1, 0.15) is 52.4 Å². The second-order valence-electron chi connectivity index (χ2n) is 6.49. The summed E-state index contributed by atoms with van der Waals surface area (Å²) in [4.78, 5) is 25.9. The van der Waals surface area contributed by atoms with E-state index in [4.69, 9.17) is 5.73 Å². The SMILES string of the molecule is CCC(=O)N1CCC(NC(=O)C2CCCCC2(C)N)C1. The number of nitrogens with one attached hydrogen (secondary N) is 1. The molecule has 2 amide bonds. The second kappa shape index (κ2) is 6.12. The van der Waals surface area contributed by atoms with Crippen molar-refractivity contribution < 1.29 is 9.59 Å². The fraction of sp³-hybridized carbons (Fsp3) is 0.867. The average Bonchev–Trinajstić information content (AvgIpc) is 2.85. The normalized spacial score (nSPS) is 34.0. The molecule has 5 heteroatoms. The Balaban J connectivity index is 1.87. The van der Waals surface area contributed by atoms with Crippen LogP contribution < -0.4 is 11.1 Å². The number of nitrogens with zero attached hydrogens (tertiary/aromatic N) is 1. The van der Waals surface area contributed by atoms with E-state index < -0.39 is 0 Å². The van der Waals surface area contributed by atoms with E-state index in [2.05, 4.69) is 5.32 Å². The van der Waals surface area contributed by atoms with Crippen molar-refractivity contribution in [3.63, 3.8) is 0 Å². The lowest BCUT2D eigenvalue weighted by Gasteiger charge is -2.37. The minimum Gasteiger partial charge on any atom is -0.351 e. The predicted octanol–water partition coefficient (Wildman–Crippen LogP) is 1.02. The Hall–Kier alpha value is -1.10. The third-order valence-electron chi connectivity index (χ3n) is 4.76. The molecule has 20 heavy (non-hydrogen) atoms. The van der Waals surface area contributed by atoms with Crippen LogP contribution in [0.5, 0.6) is 0 Å². The molecule has 3 atom stereocenters. The van der Waals surface area contributed by atoms with Gasteiger partial charge in [0.25, 0.3) is 0 Å². The molecule has 0 spiro atoms. The molecule has 2 rings (SSSR count). The topological polar surface area (TPSA) is 75.4 Å². The van der Waals surface area contributed by atoms with E-state index in [0.717, 1.165) is 38.6 Å². The van der Waals surface area contributed by atoms with Gasteiger partial charge in [0.1, 0.15) is 0 Å². The summed E-state index contributed by atoms with van der Waals surface area (Å²) in [5, 5.41) is 3.10. The third kappa shape index (κ3) is 3.32. The molecule has 3 unspecified atom stereocenters. The van der Waals surface area contributed by atoms with E-state index in [-0.39, 0.29) is 29.3 Å². The van der Waals surface area contributed by atoms with Crippen molar-refractivity contribution >= 4 is 11.8 Å². The molecule has 1 aliphatic carbocycles. The van der Waals surface area contributed by atoms with Crippen LogP contribution in [0.25, 0.3) is 0 Å². The van der Waals surface area contributed by atoms with Gasteiger partial charge in [-0.1, -0.05) is 19.8 Å². The van der Waals surface area contributed by atoms with Gasteiger partial charge < -0.3 is 16.0 Å². The van der Waals surface area contributed by atoms with Gasteiger partial charge in [0.15, 0.2) is 0 Å². The summed E-state index contributed by atoms with van der Waals surface area (Å²) in [6, 6.07) is 0.0933. The van der Waals surface area contributed by atoms with Gasteiger partial charge in [0.05, 0.1) is 5.92 Å². The molecular formula is C15H27N3O2. The lowest BCUT2D eigenvalue weighted by molar-refractivity contribution is -0.131. The summed E-state index contributed by atoms with van der Waals surface area (Å²) in [5.41, 5.74) is 5.88. The van der Waals surface area contributed by atoms with Crippen molar-refractivity contribution in [2.24, 2.45) is 11.7 Å². The van der Waals surface area contributed by atoms with Gasteiger partial charge in [-0.15, -0.1) is 0 Å². The molecule has 2 fully saturated rings. The van der Waals surface area contributed by atoms with E-state index >= 15 is 0 Å². The van der Waals surface area contributed by atoms with Crippen LogP contribution >= 0.6 is 0 Å². The van der Waals surface area contributed by atoms with Crippen LogP contribution in [0.4, 0.5) is 0 Å². The van der Waals surface area contributed by atoms with Gasteiger partial charge in [0, 0.05) is 31.1 Å². The quantitative estimate of drug-likeness (QED) is 0.811. The Morgan fingerprint density at radius 3 is 2.75 bits per heavy atom. The summed E-state index contributed by atoms with van der Waals surface area (Å²) in [6.07, 6.45) is 5.37. The highest BCUT2D eigenvalue weighted by Gasteiger charge is 2.39. The Morgan fingerprint density at radius 1 is 1.35 bits per heavy atom. The van der Waals surface area contributed by atoms with Crippen LogP contribution in [0, 0.1) is 5.92 Å². The lowest BCUT2D eigenvalue weighted by Crippen LogP contribution is -2.54. The molecule has 0 aromatic heterocycles. The Morgan fingerprint density at radius 2 is 2.10 bits per heavy atom. The monoisotopic (exact) mass is 281 g/mol. The van der Waals surface area contributed by atoms with Crippen molar-refractivity contribution in [3.8, 4) is 0 Å². The van der Waals surface area contributed by atoms with Crippen LogP contribution in [0.2, 0.25) is 0 Å². The molecule has 0 bridgehead atoms. The zero-order valence-corrected chi connectivity index (χ0v) is 12.7. The number of hydrogen-bond donors (Lipinski definition) is 2. The number of carbonyl (C=O) groups excluding carboxylic acids is 2. The van der Waals surface area contributed by atoms with Gasteiger partial charge in [-0.2, -0.15) is 0 Å². The highest BCUT2D eigenvalue weighted by molar-refractivity contribution is 5.81. The first-order chi connectivity index (χ1) is 9.44. The van der Waals surface area contributed by atoms with Crippen LogP contribution in [0.15, 0.2) is 0 Å². The zero-order valence-electron chi connectivity index (χ0n) is 12.7. The van der Waals surface area contributed by atoms with Crippen LogP contribution in [0.3, 0.4) is 0 Å². The number of rotatable bonds is 3. The fourth-order valence-corrected chi connectivity index (χ4v) is 3.42. The average molecular weight is 281 g/mol. The van der Waals surface area contributed by atoms with Gasteiger partial charge in [-0.05, 0) is 26.2 Å². The van der Waals surface area contributed by atoms with Gasteiger partial charge in [-0.25, -0.2) is 0 Å². The van der Waals surface area contributed by atoms with E-state index in [9.17, 15) is 9.59 Å². The van der Waals surface area contributed by atoms with Gasteiger partial charge in [-0.3, -0.25) is 9.59 Å². The van der Waals surface area contributed by atoms with E-state index in [1.165, 1.54) is 0 Å². The first kappa shape index (κ1) is 15.3. The third-order valence-corrected chi connectivity index (χ3v) is 4.76. The van der Waals surface area contributed by atoms with Gasteiger partial charge >= 0.3 is 0 Å². The number of hydrogen-bond acceptors (Lipinski definition) is 3. The molecule has 1 saturated heterocycles. The molecule has 1 heterocycles. The van der Waals surface area contributed by atoms with Crippen molar-refractivity contribution in [2.75, 3.05) is 13.1 Å². The summed E-state index contributed by atoms with van der Waals surface area (Å²) in [6.45, 7) is 5.25. The van der Waals surface area contributed by atoms with Crippen molar-refractivity contribution in [2.45, 2.75) is 64.0 Å². The van der Waals surface area contributed by atoms with Crippen LogP contribution in [-0.2, 0) is 9.59 Å². The molecular weight excluding hydrogens is 254 g/mol. The zero-order chi connectivity index (χ0) is 14.8. The maximum absolute atomic E-state index is 12.4. The molecule has 114 valence electrons. The molecule has 1 aliphatic heterocycles. The minimum absolute atomic E-state index is 0.0745. The number of nitrogens with two attached hydrogens (primary N) is 1. The first-order valence-electron chi connectivity index (χ1n) is 7.81. The molecule has 5 nitrogen and oxygen atoms in total. The van der Waals surface area contributed by atoms with Crippen molar-refractivity contribution in [1.29, 1.82) is 0 Å². The highest BCUT2D eigenvalue weighted by atomic mass is 16.2. The maximum Gasteiger partial charge on any atom is 0.225 e. The highest BCUT2D eigenvalue weighted by Crippen LogP contribution is 2.31. The second-order valence-corrected chi connectivity index (χ2v) is 6.49. The Labute approximate surface area is 121 Å². The summed E-state index contributed by atoms with van der Waals surface area (Å²) in [5.74, 6) is 0.153. The summed E-state index contributed by atoms with van der Waals surface area (Å²) >= 11 is 0. The van der Waals surface area contributed by atoms with Gasteiger partial charge in [0.2, 0.25) is 11.8 Å². The Kier molecular flexibility index (Phi) is 4.68. The lowest BCUT2D eigenvalue weighted by atomic mass is 9.74. The number of amides is 2. The number of carbonyl (C=O) groups is 2. The molecule has 1 saturated carbocycles. The maximum atomic E-state index is 12.4. The smallest absolute Gasteiger partial charge is 0.225 e. The Bertz CT molecular complexity index is 381. The predicted molar refractivity (Wildman–Crippen MR) is 78.0 cm³/mol. The van der Waals surface area contributed by atoms with E-state index in [1.807, 2.05) is 18.7 Å². The van der Waals surface area contributed by atoms with Crippen molar-refractivity contribution in [1.82, 2.24) is 10.2 Å². The summed E-state index contributed by atoms with van der Waals surface area (Å²) in [7, 11) is 0. The first-order valence-corrected chi connectivity index (χ1v) is 7.81. The molecule has 0 aromatic carbocycles. The number of likely N-dealkylation sites (tertiary alicyclic amines) is 1. The molecule has 2 aliphatic rings. The summed E-state index contributed by atoms with van der Waals surface area (Å²) < 4.78 is 0. The largest absolute Gasteiger partial charge is 0.351 e. The molecule has 3 N–H and O–H groups in total. The van der Waals surface area contributed by atoms with E-state index in [0.29, 0.717) is 13.0 Å².